The summed E-state index contributed by atoms with van der Waals surface area (Å²) in [5, 5.41) is 21.8. The quantitative estimate of drug-likeness (QED) is 0.621. The van der Waals surface area contributed by atoms with Crippen molar-refractivity contribution in [2.45, 2.75) is 43.7 Å². The van der Waals surface area contributed by atoms with Crippen molar-refractivity contribution in [3.8, 4) is 11.1 Å². The van der Waals surface area contributed by atoms with Crippen LogP contribution in [-0.4, -0.2) is 64.4 Å². The molecular weight excluding hydrogens is 424 g/mol. The largest absolute Gasteiger partial charge is 0.481 e. The molecule has 1 fully saturated rings. The lowest BCUT2D eigenvalue weighted by Crippen LogP contribution is -2.53. The molecule has 2 aromatic carbocycles. The third-order valence-electron chi connectivity index (χ3n) is 6.46. The summed E-state index contributed by atoms with van der Waals surface area (Å²) in [7, 11) is 0. The Hall–Kier alpha value is -3.39. The molecule has 33 heavy (non-hydrogen) atoms. The zero-order valence-corrected chi connectivity index (χ0v) is 18.5. The van der Waals surface area contributed by atoms with E-state index in [1.807, 2.05) is 48.5 Å². The zero-order valence-electron chi connectivity index (χ0n) is 18.5. The number of carboxylic acids is 1. The second-order valence-electron chi connectivity index (χ2n) is 8.94. The minimum Gasteiger partial charge on any atom is -0.481 e. The van der Waals surface area contributed by atoms with Crippen molar-refractivity contribution >= 4 is 18.0 Å². The Morgan fingerprint density at radius 1 is 1.06 bits per heavy atom. The summed E-state index contributed by atoms with van der Waals surface area (Å²) < 4.78 is 5.47. The Kier molecular flexibility index (Phi) is 6.37. The molecule has 8 nitrogen and oxygen atoms in total. The summed E-state index contributed by atoms with van der Waals surface area (Å²) in [5.41, 5.74) is 3.47. The van der Waals surface area contributed by atoms with Crippen LogP contribution in [-0.2, 0) is 14.3 Å². The maximum absolute atomic E-state index is 12.9. The number of carboxylic acid groups (broad SMARTS) is 1. The van der Waals surface area contributed by atoms with Gasteiger partial charge in [0.15, 0.2) is 0 Å². The van der Waals surface area contributed by atoms with Gasteiger partial charge in [-0.1, -0.05) is 48.5 Å². The van der Waals surface area contributed by atoms with E-state index in [1.54, 1.807) is 6.92 Å². The van der Waals surface area contributed by atoms with Gasteiger partial charge in [0.05, 0.1) is 12.0 Å². The molecule has 1 aliphatic carbocycles. The molecule has 0 radical (unpaired) electrons. The predicted octanol–water partition coefficient (Wildman–Crippen LogP) is 2.74. The number of nitrogens with zero attached hydrogens (tertiary/aromatic N) is 1. The Morgan fingerprint density at radius 3 is 2.15 bits per heavy atom. The fourth-order valence-corrected chi connectivity index (χ4v) is 4.59. The maximum Gasteiger partial charge on any atom is 0.407 e. The summed E-state index contributed by atoms with van der Waals surface area (Å²) in [5.74, 6) is -1.82. The Bertz CT molecular complexity index is 1010. The summed E-state index contributed by atoms with van der Waals surface area (Å²) in [6.07, 6.45) is -0.594. The van der Waals surface area contributed by atoms with Crippen molar-refractivity contribution in [1.29, 1.82) is 0 Å². The van der Waals surface area contributed by atoms with E-state index in [1.165, 1.54) is 4.90 Å². The van der Waals surface area contributed by atoms with E-state index in [4.69, 9.17) is 4.74 Å². The molecule has 1 unspecified atom stereocenters. The highest BCUT2D eigenvalue weighted by atomic mass is 16.5. The minimum absolute atomic E-state index is 0.0699. The number of aliphatic hydroxyl groups is 1. The number of rotatable bonds is 6. The van der Waals surface area contributed by atoms with Gasteiger partial charge < -0.3 is 25.2 Å². The third kappa shape index (κ3) is 5.01. The first-order valence-electron chi connectivity index (χ1n) is 11.1. The highest BCUT2D eigenvalue weighted by Crippen LogP contribution is 2.44. The molecule has 4 rings (SSSR count). The van der Waals surface area contributed by atoms with E-state index in [-0.39, 0.29) is 12.5 Å². The Morgan fingerprint density at radius 2 is 1.61 bits per heavy atom. The standard InChI is InChI=1S/C25H28N2O6/c1-25(32)10-12-27(13-11-25)23(30)21(14-22(28)29)26-24(31)33-15-20-18-8-4-2-6-16(18)17-7-3-5-9-19(17)20/h2-9,20-21,32H,10-15H2,1H3,(H,26,31)(H,28,29). The SMILES string of the molecule is CC1(O)CCN(C(=O)C(CC(=O)O)NC(=O)OCC2c3ccccc3-c3ccccc32)CC1. The molecule has 174 valence electrons. The topological polar surface area (TPSA) is 116 Å². The molecule has 8 heteroatoms. The molecule has 1 atom stereocenters. The molecule has 0 saturated carbocycles. The van der Waals surface area contributed by atoms with E-state index in [2.05, 4.69) is 5.32 Å². The van der Waals surface area contributed by atoms with Gasteiger partial charge in [-0.05, 0) is 42.0 Å². The van der Waals surface area contributed by atoms with Crippen LogP contribution in [0, 0.1) is 0 Å². The van der Waals surface area contributed by atoms with Crippen molar-refractivity contribution in [1.82, 2.24) is 10.2 Å². The molecule has 2 amide bonds. The molecule has 2 aromatic rings. The monoisotopic (exact) mass is 452 g/mol. The number of ether oxygens (including phenoxy) is 1. The normalized spacial score (nSPS) is 17.6. The first kappa shape index (κ1) is 22.8. The number of amides is 2. The van der Waals surface area contributed by atoms with Gasteiger partial charge in [-0.25, -0.2) is 4.79 Å². The fourth-order valence-electron chi connectivity index (χ4n) is 4.59. The van der Waals surface area contributed by atoms with Gasteiger partial charge in [0, 0.05) is 19.0 Å². The van der Waals surface area contributed by atoms with E-state index in [9.17, 15) is 24.6 Å². The number of likely N-dealkylation sites (tertiary alicyclic amines) is 1. The van der Waals surface area contributed by atoms with E-state index in [0.717, 1.165) is 22.3 Å². The lowest BCUT2D eigenvalue weighted by atomic mass is 9.93. The van der Waals surface area contributed by atoms with Gasteiger partial charge in [-0.3, -0.25) is 9.59 Å². The number of piperidine rings is 1. The van der Waals surface area contributed by atoms with Gasteiger partial charge in [0.2, 0.25) is 5.91 Å². The number of hydrogen-bond acceptors (Lipinski definition) is 5. The van der Waals surface area contributed by atoms with Crippen molar-refractivity contribution in [2.75, 3.05) is 19.7 Å². The second-order valence-corrected chi connectivity index (χ2v) is 8.94. The van der Waals surface area contributed by atoms with Crippen molar-refractivity contribution in [3.63, 3.8) is 0 Å². The fraction of sp³-hybridized carbons (Fsp3) is 0.400. The van der Waals surface area contributed by atoms with E-state index >= 15 is 0 Å². The number of carbonyl (C=O) groups is 3. The van der Waals surface area contributed by atoms with Crippen LogP contribution < -0.4 is 5.32 Å². The number of benzene rings is 2. The molecule has 1 saturated heterocycles. The van der Waals surface area contributed by atoms with Gasteiger partial charge in [0.1, 0.15) is 12.6 Å². The van der Waals surface area contributed by atoms with E-state index < -0.39 is 36.0 Å². The molecule has 1 aliphatic heterocycles. The summed E-state index contributed by atoms with van der Waals surface area (Å²) >= 11 is 0. The first-order chi connectivity index (χ1) is 15.7. The highest BCUT2D eigenvalue weighted by molar-refractivity contribution is 5.89. The van der Waals surface area contributed by atoms with Gasteiger partial charge in [-0.2, -0.15) is 0 Å². The van der Waals surface area contributed by atoms with Crippen LogP contribution in [0.15, 0.2) is 48.5 Å². The van der Waals surface area contributed by atoms with Crippen LogP contribution in [0.4, 0.5) is 4.79 Å². The third-order valence-corrected chi connectivity index (χ3v) is 6.46. The molecule has 1 heterocycles. The van der Waals surface area contributed by atoms with Crippen molar-refractivity contribution < 1.29 is 29.3 Å². The summed E-state index contributed by atoms with van der Waals surface area (Å²) in [6.45, 7) is 2.38. The van der Waals surface area contributed by atoms with Crippen LogP contribution in [0.5, 0.6) is 0 Å². The van der Waals surface area contributed by atoms with Crippen molar-refractivity contribution in [2.24, 2.45) is 0 Å². The number of hydrogen-bond donors (Lipinski definition) is 3. The molecule has 0 bridgehead atoms. The predicted molar refractivity (Wildman–Crippen MR) is 121 cm³/mol. The van der Waals surface area contributed by atoms with Gasteiger partial charge >= 0.3 is 12.1 Å². The summed E-state index contributed by atoms with van der Waals surface area (Å²) in [4.78, 5) is 38.2. The van der Waals surface area contributed by atoms with Crippen LogP contribution in [0.1, 0.15) is 43.2 Å². The minimum atomic E-state index is -1.24. The maximum atomic E-state index is 12.9. The Labute approximate surface area is 192 Å². The highest BCUT2D eigenvalue weighted by Gasteiger charge is 2.35. The Balaban J connectivity index is 1.41. The number of aliphatic carboxylic acids is 1. The average molecular weight is 453 g/mol. The van der Waals surface area contributed by atoms with Crippen molar-refractivity contribution in [3.05, 3.63) is 59.7 Å². The zero-order chi connectivity index (χ0) is 23.6. The number of nitrogens with one attached hydrogen (secondary N) is 1. The van der Waals surface area contributed by atoms with Crippen LogP contribution >= 0.6 is 0 Å². The number of carbonyl (C=O) groups excluding carboxylic acids is 2. The number of alkyl carbamates (subject to hydrolysis) is 1. The van der Waals surface area contributed by atoms with Gasteiger partial charge in [-0.15, -0.1) is 0 Å². The molecule has 0 aromatic heterocycles. The molecule has 0 spiro atoms. The average Bonchev–Trinajstić information content (AvgIpc) is 3.10. The second kappa shape index (κ2) is 9.23. The number of fused-ring (bicyclic) bond motifs is 3. The van der Waals surface area contributed by atoms with Crippen LogP contribution in [0.2, 0.25) is 0 Å². The van der Waals surface area contributed by atoms with Crippen LogP contribution in [0.3, 0.4) is 0 Å². The summed E-state index contributed by atoms with van der Waals surface area (Å²) in [6, 6.07) is 14.7. The molecular formula is C25H28N2O6. The first-order valence-corrected chi connectivity index (χ1v) is 11.1. The molecule has 2 aliphatic rings. The molecule has 3 N–H and O–H groups in total. The van der Waals surface area contributed by atoms with Crippen LogP contribution in [0.25, 0.3) is 11.1 Å². The van der Waals surface area contributed by atoms with Gasteiger partial charge in [0.25, 0.3) is 0 Å². The lowest BCUT2D eigenvalue weighted by Gasteiger charge is -2.37. The lowest BCUT2D eigenvalue weighted by molar-refractivity contribution is -0.144. The van der Waals surface area contributed by atoms with E-state index in [0.29, 0.717) is 25.9 Å². The smallest absolute Gasteiger partial charge is 0.407 e.